The number of carbonyl (C=O) groups is 1. The largest absolute Gasteiger partial charge is 0.368 e. The summed E-state index contributed by atoms with van der Waals surface area (Å²) in [6.07, 6.45) is 1.76. The molecule has 0 fully saturated rings. The van der Waals surface area contributed by atoms with E-state index in [0.29, 0.717) is 6.54 Å². The van der Waals surface area contributed by atoms with Crippen LogP contribution in [0.1, 0.15) is 32.0 Å². The first-order chi connectivity index (χ1) is 7.82. The first-order valence-electron chi connectivity index (χ1n) is 5.75. The summed E-state index contributed by atoms with van der Waals surface area (Å²) in [4.78, 5) is 15.6. The van der Waals surface area contributed by atoms with Gasteiger partial charge in [-0.1, -0.05) is 26.8 Å². The molecule has 4 heteroatoms. The number of hydrogen-bond donors (Lipinski definition) is 2. The van der Waals surface area contributed by atoms with Crippen LogP contribution < -0.4 is 11.1 Å². The molecule has 1 atom stereocenters. The number of aromatic nitrogens is 1. The van der Waals surface area contributed by atoms with Gasteiger partial charge in [0.1, 0.15) is 0 Å². The Morgan fingerprint density at radius 3 is 2.65 bits per heavy atom. The second-order valence-electron chi connectivity index (χ2n) is 5.33. The lowest BCUT2D eigenvalue weighted by molar-refractivity contribution is -0.122. The van der Waals surface area contributed by atoms with Crippen molar-refractivity contribution in [2.24, 2.45) is 11.1 Å². The monoisotopic (exact) mass is 235 g/mol. The highest BCUT2D eigenvalue weighted by Crippen LogP contribution is 2.19. The Labute approximate surface area is 103 Å². The molecule has 17 heavy (non-hydrogen) atoms. The van der Waals surface area contributed by atoms with Crippen LogP contribution >= 0.6 is 0 Å². The summed E-state index contributed by atoms with van der Waals surface area (Å²) >= 11 is 0. The Kier molecular flexibility index (Phi) is 4.23. The van der Waals surface area contributed by atoms with Crippen LogP contribution in [0.3, 0.4) is 0 Å². The maximum atomic E-state index is 11.4. The third-order valence-electron chi connectivity index (χ3n) is 2.76. The van der Waals surface area contributed by atoms with Crippen LogP contribution in [0.5, 0.6) is 0 Å². The molecule has 0 radical (unpaired) electrons. The molecule has 3 N–H and O–H groups in total. The van der Waals surface area contributed by atoms with Gasteiger partial charge in [-0.25, -0.2) is 0 Å². The second-order valence-corrected chi connectivity index (χ2v) is 5.33. The molecule has 0 aliphatic carbocycles. The van der Waals surface area contributed by atoms with Gasteiger partial charge in [0.2, 0.25) is 5.91 Å². The van der Waals surface area contributed by atoms with E-state index in [1.54, 1.807) is 6.20 Å². The molecule has 0 aliphatic rings. The number of pyridine rings is 1. The molecule has 94 valence electrons. The minimum absolute atomic E-state index is 0.193. The molecule has 0 spiro atoms. The normalized spacial score (nSPS) is 13.4. The van der Waals surface area contributed by atoms with E-state index in [1.165, 1.54) is 0 Å². The van der Waals surface area contributed by atoms with E-state index < -0.39 is 0 Å². The molecule has 1 aromatic heterocycles. The fraction of sp³-hybridized carbons (Fsp3) is 0.538. The van der Waals surface area contributed by atoms with E-state index in [1.807, 2.05) is 39.8 Å². The van der Waals surface area contributed by atoms with Crippen LogP contribution in [-0.4, -0.2) is 16.9 Å². The number of aryl methyl sites for hydroxylation is 1. The van der Waals surface area contributed by atoms with Crippen molar-refractivity contribution in [1.29, 1.82) is 0 Å². The molecule has 1 aromatic rings. The Morgan fingerprint density at radius 2 is 2.18 bits per heavy atom. The minimum Gasteiger partial charge on any atom is -0.368 e. The van der Waals surface area contributed by atoms with E-state index in [-0.39, 0.29) is 17.4 Å². The van der Waals surface area contributed by atoms with Crippen molar-refractivity contribution in [3.63, 3.8) is 0 Å². The van der Waals surface area contributed by atoms with Gasteiger partial charge in [0, 0.05) is 18.4 Å². The number of nitrogens with one attached hydrogen (secondary N) is 1. The summed E-state index contributed by atoms with van der Waals surface area (Å²) in [7, 11) is 0. The Balaban J connectivity index is 2.72. The molecule has 4 nitrogen and oxygen atoms in total. The van der Waals surface area contributed by atoms with Gasteiger partial charge in [-0.05, 0) is 24.0 Å². The highest BCUT2D eigenvalue weighted by Gasteiger charge is 2.28. The smallest absolute Gasteiger partial charge is 0.235 e. The van der Waals surface area contributed by atoms with Crippen molar-refractivity contribution < 1.29 is 4.79 Å². The molecule has 0 aromatic carbocycles. The lowest BCUT2D eigenvalue weighted by Crippen LogP contribution is -2.49. The molecular formula is C13H21N3O. The fourth-order valence-corrected chi connectivity index (χ4v) is 1.75. The van der Waals surface area contributed by atoms with E-state index in [4.69, 9.17) is 5.73 Å². The number of amides is 1. The molecule has 1 amide bonds. The van der Waals surface area contributed by atoms with Crippen molar-refractivity contribution in [2.75, 3.05) is 0 Å². The van der Waals surface area contributed by atoms with Crippen LogP contribution in [0, 0.1) is 12.3 Å². The van der Waals surface area contributed by atoms with Crippen LogP contribution in [-0.2, 0) is 11.3 Å². The van der Waals surface area contributed by atoms with Gasteiger partial charge in [-0.15, -0.1) is 0 Å². The standard InChI is InChI=1S/C13H21N3O/c1-9-10(6-5-7-15-9)8-16-11(12(14)17)13(2,3)4/h5-7,11,16H,8H2,1-4H3,(H2,14,17)/t11-/m0/s1. The Morgan fingerprint density at radius 1 is 1.53 bits per heavy atom. The quantitative estimate of drug-likeness (QED) is 0.828. The third-order valence-corrected chi connectivity index (χ3v) is 2.76. The van der Waals surface area contributed by atoms with E-state index in [2.05, 4.69) is 10.3 Å². The van der Waals surface area contributed by atoms with Gasteiger partial charge in [0.25, 0.3) is 0 Å². The molecule has 0 saturated carbocycles. The molecular weight excluding hydrogens is 214 g/mol. The number of hydrogen-bond acceptors (Lipinski definition) is 3. The average Bonchev–Trinajstić information content (AvgIpc) is 2.18. The van der Waals surface area contributed by atoms with Gasteiger partial charge >= 0.3 is 0 Å². The number of rotatable bonds is 4. The van der Waals surface area contributed by atoms with Gasteiger partial charge in [0.15, 0.2) is 0 Å². The fourth-order valence-electron chi connectivity index (χ4n) is 1.75. The van der Waals surface area contributed by atoms with E-state index >= 15 is 0 Å². The number of nitrogens with two attached hydrogens (primary N) is 1. The number of carbonyl (C=O) groups excluding carboxylic acids is 1. The molecule has 0 bridgehead atoms. The van der Waals surface area contributed by atoms with Crippen LogP contribution in [0.15, 0.2) is 18.3 Å². The van der Waals surface area contributed by atoms with E-state index in [0.717, 1.165) is 11.3 Å². The van der Waals surface area contributed by atoms with Gasteiger partial charge in [-0.2, -0.15) is 0 Å². The topological polar surface area (TPSA) is 68.0 Å². The highest BCUT2D eigenvalue weighted by atomic mass is 16.1. The first-order valence-corrected chi connectivity index (χ1v) is 5.75. The summed E-state index contributed by atoms with van der Waals surface area (Å²) in [6.45, 7) is 8.53. The summed E-state index contributed by atoms with van der Waals surface area (Å²) in [5, 5.41) is 3.20. The zero-order valence-electron chi connectivity index (χ0n) is 10.9. The predicted octanol–water partition coefficient (Wildman–Crippen LogP) is 1.38. The lowest BCUT2D eigenvalue weighted by Gasteiger charge is -2.29. The third kappa shape index (κ3) is 3.82. The predicted molar refractivity (Wildman–Crippen MR) is 68.3 cm³/mol. The summed E-state index contributed by atoms with van der Waals surface area (Å²) in [6, 6.07) is 3.54. The SMILES string of the molecule is Cc1ncccc1CN[C@@H](C(N)=O)C(C)(C)C. The molecule has 0 aliphatic heterocycles. The molecule has 0 saturated heterocycles. The van der Waals surface area contributed by atoms with Crippen LogP contribution in [0.2, 0.25) is 0 Å². The summed E-state index contributed by atoms with van der Waals surface area (Å²) < 4.78 is 0. The van der Waals surface area contributed by atoms with Gasteiger partial charge in [-0.3, -0.25) is 9.78 Å². The van der Waals surface area contributed by atoms with Crippen LogP contribution in [0.25, 0.3) is 0 Å². The Bertz CT molecular complexity index is 396. The van der Waals surface area contributed by atoms with Crippen molar-refractivity contribution >= 4 is 5.91 Å². The van der Waals surface area contributed by atoms with Crippen molar-refractivity contribution in [3.8, 4) is 0 Å². The number of nitrogens with zero attached hydrogens (tertiary/aromatic N) is 1. The average molecular weight is 235 g/mol. The maximum Gasteiger partial charge on any atom is 0.235 e. The van der Waals surface area contributed by atoms with Crippen molar-refractivity contribution in [1.82, 2.24) is 10.3 Å². The second kappa shape index (κ2) is 5.27. The molecule has 0 unspecified atom stereocenters. The zero-order chi connectivity index (χ0) is 13.1. The lowest BCUT2D eigenvalue weighted by atomic mass is 9.86. The minimum atomic E-state index is -0.345. The zero-order valence-corrected chi connectivity index (χ0v) is 10.9. The molecule has 1 heterocycles. The van der Waals surface area contributed by atoms with Gasteiger partial charge < -0.3 is 11.1 Å². The highest BCUT2D eigenvalue weighted by molar-refractivity contribution is 5.80. The maximum absolute atomic E-state index is 11.4. The Hall–Kier alpha value is -1.42. The number of primary amides is 1. The molecule has 1 rings (SSSR count). The van der Waals surface area contributed by atoms with E-state index in [9.17, 15) is 4.79 Å². The van der Waals surface area contributed by atoms with Gasteiger partial charge in [0.05, 0.1) is 6.04 Å². The summed E-state index contributed by atoms with van der Waals surface area (Å²) in [5.74, 6) is -0.320. The van der Waals surface area contributed by atoms with Crippen LogP contribution in [0.4, 0.5) is 0 Å². The first kappa shape index (κ1) is 13.6. The van der Waals surface area contributed by atoms with Crippen molar-refractivity contribution in [2.45, 2.75) is 40.3 Å². The summed E-state index contributed by atoms with van der Waals surface area (Å²) in [5.41, 5.74) is 7.27. The van der Waals surface area contributed by atoms with Crippen molar-refractivity contribution in [3.05, 3.63) is 29.6 Å².